The third kappa shape index (κ3) is 11.4. The van der Waals surface area contributed by atoms with Crippen LogP contribution in [0.2, 0.25) is 0 Å². The number of hydrogen-bond donors (Lipinski definition) is 6. The molecule has 2 aromatic carbocycles. The van der Waals surface area contributed by atoms with Gasteiger partial charge in [0.15, 0.2) is 11.4 Å². The van der Waals surface area contributed by atoms with E-state index in [0.717, 1.165) is 54.6 Å². The number of benzene rings is 2. The maximum Gasteiger partial charge on any atom is 0.355 e. The minimum atomic E-state index is -1.01. The summed E-state index contributed by atoms with van der Waals surface area (Å²) in [7, 11) is 0. The van der Waals surface area contributed by atoms with Crippen molar-refractivity contribution in [2.45, 2.75) is 76.5 Å². The first-order valence-corrected chi connectivity index (χ1v) is 21.7. The Hall–Kier alpha value is -7.48. The Morgan fingerprint density at radius 2 is 1.25 bits per heavy atom. The summed E-state index contributed by atoms with van der Waals surface area (Å²) in [5.74, 6) is 0.0804. The summed E-state index contributed by atoms with van der Waals surface area (Å²) in [5, 5.41) is 27.5. The second-order valence-electron chi connectivity index (χ2n) is 16.2. The van der Waals surface area contributed by atoms with E-state index in [9.17, 15) is 19.2 Å². The molecule has 0 fully saturated rings. The first-order valence-electron chi connectivity index (χ1n) is 21.7. The van der Waals surface area contributed by atoms with Crippen LogP contribution in [-0.4, -0.2) is 131 Å². The number of nitrogens with one attached hydrogen (secondary N) is 4. The number of hydrogen-bond acceptors (Lipinski definition) is 15. The molecule has 6 heterocycles. The largest absolute Gasteiger partial charge is 0.476 e. The maximum absolute atomic E-state index is 12.6. The molecule has 5 aliphatic rings. The van der Waals surface area contributed by atoms with Gasteiger partial charge in [-0.25, -0.2) is 24.7 Å². The number of aromatic nitrogens is 7. The summed E-state index contributed by atoms with van der Waals surface area (Å²) < 4.78 is 0. The Bertz CT molecular complexity index is 2530. The van der Waals surface area contributed by atoms with E-state index in [4.69, 9.17) is 20.8 Å². The molecule has 65 heavy (non-hydrogen) atoms. The number of aliphatic imine (C=N–C) groups is 2. The number of carbonyl (C=O) groups is 4. The van der Waals surface area contributed by atoms with Crippen molar-refractivity contribution < 1.29 is 24.3 Å². The number of anilines is 2. The van der Waals surface area contributed by atoms with Crippen LogP contribution < -0.4 is 21.7 Å². The molecule has 0 saturated carbocycles. The number of aliphatic carboxylic acids is 1. The SMILES string of the molecule is NCCC(=O)N1CCc2nc(NC3Cc4ccccc4C3)ncc2C1.O=C(NCCC(=O)N1CCc2nc(NC3Cc4ccccc4C3)ncc2C1)c1cn[nH]n1.O=C(O)C1=NCN=C1. The normalized spacial score (nSPS) is 15.8. The molecule has 0 atom stereocenters. The van der Waals surface area contributed by atoms with Crippen LogP contribution >= 0.6 is 0 Å². The number of nitrogens with two attached hydrogens (primary N) is 1. The van der Waals surface area contributed by atoms with Gasteiger partial charge >= 0.3 is 5.97 Å². The highest BCUT2D eigenvalue weighted by Gasteiger charge is 2.27. The van der Waals surface area contributed by atoms with Gasteiger partial charge in [-0.15, -0.1) is 0 Å². The minimum Gasteiger partial charge on any atom is -0.476 e. The van der Waals surface area contributed by atoms with Gasteiger partial charge in [0.05, 0.1) is 23.8 Å². The standard InChI is InChI=1S/C22H24N8O2.C19H23N5O.C4H4N2O2/c31-20(5-7-23-21(32)19-12-25-29-28-19)30-8-6-18-16(13-30)11-24-22(27-18)26-17-9-14-3-1-2-4-15(14)10-17;20-7-5-18(25)24-8-6-17-15(12-24)11-21-19(23-17)22-16-9-13-3-1-2-4-14(13)10-16;7-4(8)3-1-5-2-6-3/h1-4,11-12,17H,5-10,13H2,(H,23,32)(H,24,26,27)(H,25,28,29);1-4,11,16H,5-10,12,20H2,(H,21,22,23);1H,2H2,(H,7,8). The highest BCUT2D eigenvalue weighted by molar-refractivity contribution is 6.59. The van der Waals surface area contributed by atoms with Crippen molar-refractivity contribution in [1.82, 2.24) is 50.5 Å². The third-order valence-corrected chi connectivity index (χ3v) is 11.7. The zero-order valence-electron chi connectivity index (χ0n) is 35.8. The Labute approximate surface area is 374 Å². The van der Waals surface area contributed by atoms with Crippen molar-refractivity contribution in [2.75, 3.05) is 43.5 Å². The number of carboxylic acid groups (broad SMARTS) is 1. The first kappa shape index (κ1) is 44.1. The molecule has 2 aliphatic carbocycles. The van der Waals surface area contributed by atoms with Crippen LogP contribution in [0.4, 0.5) is 11.9 Å². The molecular weight excluding hydrogens is 831 g/mol. The van der Waals surface area contributed by atoms with Crippen LogP contribution in [0.3, 0.4) is 0 Å². The molecule has 7 N–H and O–H groups in total. The van der Waals surface area contributed by atoms with Crippen LogP contribution in [-0.2, 0) is 66.0 Å². The molecule has 20 nitrogen and oxygen atoms in total. The third-order valence-electron chi connectivity index (χ3n) is 11.7. The molecule has 5 aromatic rings. The second-order valence-corrected chi connectivity index (χ2v) is 16.2. The molecule has 336 valence electrons. The van der Waals surface area contributed by atoms with Crippen LogP contribution in [0.15, 0.2) is 77.1 Å². The van der Waals surface area contributed by atoms with Crippen molar-refractivity contribution in [3.63, 3.8) is 0 Å². The Kier molecular flexibility index (Phi) is 14.1. The average molecular weight is 882 g/mol. The molecule has 3 aliphatic heterocycles. The molecule has 0 spiro atoms. The summed E-state index contributed by atoms with van der Waals surface area (Å²) in [6.07, 6.45) is 12.3. The lowest BCUT2D eigenvalue weighted by molar-refractivity contribution is -0.132. The summed E-state index contributed by atoms with van der Waals surface area (Å²) >= 11 is 0. The van der Waals surface area contributed by atoms with Gasteiger partial charge in [-0.1, -0.05) is 48.5 Å². The number of amides is 3. The summed E-state index contributed by atoms with van der Waals surface area (Å²) in [6.45, 7) is 3.29. The fourth-order valence-electron chi connectivity index (χ4n) is 8.42. The van der Waals surface area contributed by atoms with Gasteiger partial charge in [0.2, 0.25) is 23.7 Å². The lowest BCUT2D eigenvalue weighted by atomic mass is 10.1. The molecule has 0 bridgehead atoms. The van der Waals surface area contributed by atoms with E-state index in [0.29, 0.717) is 69.5 Å². The highest BCUT2D eigenvalue weighted by Crippen LogP contribution is 2.26. The molecular formula is C45H51N15O5. The van der Waals surface area contributed by atoms with Gasteiger partial charge in [0.1, 0.15) is 6.67 Å². The number of rotatable bonds is 11. The van der Waals surface area contributed by atoms with Crippen molar-refractivity contribution in [2.24, 2.45) is 15.7 Å². The van der Waals surface area contributed by atoms with Gasteiger partial charge in [-0.3, -0.25) is 24.4 Å². The lowest BCUT2D eigenvalue weighted by Gasteiger charge is -2.28. The number of H-pyrrole nitrogens is 1. The summed E-state index contributed by atoms with van der Waals surface area (Å²) in [5.41, 5.74) is 15.4. The number of nitrogens with zero attached hydrogens (tertiary/aromatic N) is 10. The van der Waals surface area contributed by atoms with Crippen molar-refractivity contribution in [1.29, 1.82) is 0 Å². The molecule has 3 aromatic heterocycles. The van der Waals surface area contributed by atoms with Crippen LogP contribution in [0, 0.1) is 0 Å². The van der Waals surface area contributed by atoms with Crippen molar-refractivity contribution in [3.05, 3.63) is 118 Å². The van der Waals surface area contributed by atoms with E-state index < -0.39 is 5.97 Å². The van der Waals surface area contributed by atoms with Gasteiger partial charge < -0.3 is 36.6 Å². The quantitative estimate of drug-likeness (QED) is 0.110. The monoisotopic (exact) mass is 881 g/mol. The fraction of sp³-hybridized carbons (Fsp3) is 0.378. The number of aromatic amines is 1. The Morgan fingerprint density at radius 1 is 0.723 bits per heavy atom. The Morgan fingerprint density at radius 3 is 1.68 bits per heavy atom. The number of carbonyl (C=O) groups excluding carboxylic acids is 3. The van der Waals surface area contributed by atoms with Crippen molar-refractivity contribution in [3.8, 4) is 0 Å². The summed E-state index contributed by atoms with van der Waals surface area (Å²) in [4.78, 5) is 75.5. The molecule has 3 amide bonds. The molecule has 10 rings (SSSR count). The number of carboxylic acids is 1. The molecule has 0 unspecified atom stereocenters. The Balaban J connectivity index is 0.000000155. The predicted molar refractivity (Wildman–Crippen MR) is 240 cm³/mol. The van der Waals surface area contributed by atoms with Gasteiger partial charge in [-0.05, 0) is 47.9 Å². The zero-order valence-corrected chi connectivity index (χ0v) is 35.8. The number of fused-ring (bicyclic) bond motifs is 4. The second kappa shape index (κ2) is 20.8. The van der Waals surface area contributed by atoms with Crippen LogP contribution in [0.1, 0.15) is 68.1 Å². The van der Waals surface area contributed by atoms with E-state index in [1.807, 2.05) is 17.3 Å². The van der Waals surface area contributed by atoms with E-state index >= 15 is 0 Å². The van der Waals surface area contributed by atoms with Gasteiger partial charge in [0, 0.05) is 101 Å². The van der Waals surface area contributed by atoms with Crippen LogP contribution in [0.25, 0.3) is 0 Å². The average Bonchev–Trinajstić information content (AvgIpc) is 4.17. The zero-order chi connectivity index (χ0) is 45.1. The van der Waals surface area contributed by atoms with E-state index in [1.54, 1.807) is 4.90 Å². The first-order chi connectivity index (χ1) is 31.7. The topological polar surface area (TPSA) is 275 Å². The van der Waals surface area contributed by atoms with E-state index in [1.165, 1.54) is 34.7 Å². The summed E-state index contributed by atoms with van der Waals surface area (Å²) in [6, 6.07) is 17.7. The fourth-order valence-corrected chi connectivity index (χ4v) is 8.42. The molecule has 0 radical (unpaired) electrons. The van der Waals surface area contributed by atoms with E-state index in [2.05, 4.69) is 99.8 Å². The van der Waals surface area contributed by atoms with E-state index in [-0.39, 0.29) is 48.8 Å². The maximum atomic E-state index is 12.6. The molecule has 20 heteroatoms. The van der Waals surface area contributed by atoms with Gasteiger partial charge in [-0.2, -0.15) is 15.4 Å². The highest BCUT2D eigenvalue weighted by atomic mass is 16.4. The smallest absolute Gasteiger partial charge is 0.355 e. The minimum absolute atomic E-state index is 0.0120. The molecule has 0 saturated heterocycles. The lowest BCUT2D eigenvalue weighted by Crippen LogP contribution is -2.38. The predicted octanol–water partition coefficient (Wildman–Crippen LogP) is 1.72. The van der Waals surface area contributed by atoms with Gasteiger partial charge in [0.25, 0.3) is 5.91 Å². The van der Waals surface area contributed by atoms with Crippen LogP contribution in [0.5, 0.6) is 0 Å². The van der Waals surface area contributed by atoms with Crippen molar-refractivity contribution >= 4 is 47.5 Å².